The Labute approximate surface area is 61.7 Å². The molecule has 0 radical (unpaired) electrons. The highest BCUT2D eigenvalue weighted by Crippen LogP contribution is 2.21. The Morgan fingerprint density at radius 3 is 2.56 bits per heavy atom. The summed E-state index contributed by atoms with van der Waals surface area (Å²) in [7, 11) is 0. The van der Waals surface area contributed by atoms with Gasteiger partial charge in [0.2, 0.25) is 0 Å². The Balaban J connectivity index is 0.000000640. The van der Waals surface area contributed by atoms with Crippen LogP contribution in [0.3, 0.4) is 0 Å². The van der Waals surface area contributed by atoms with Crippen LogP contribution < -0.4 is 5.32 Å². The molecule has 1 rings (SSSR count). The van der Waals surface area contributed by atoms with Crippen molar-refractivity contribution in [1.29, 1.82) is 5.26 Å². The summed E-state index contributed by atoms with van der Waals surface area (Å²) in [6.07, 6.45) is 1.00. The van der Waals surface area contributed by atoms with Crippen molar-refractivity contribution in [3.05, 3.63) is 0 Å². The Hall–Kier alpha value is -0.260. The van der Waals surface area contributed by atoms with E-state index in [4.69, 9.17) is 5.26 Å². The maximum absolute atomic E-state index is 8.54. The van der Waals surface area contributed by atoms with Crippen LogP contribution in [0.15, 0.2) is 0 Å². The van der Waals surface area contributed by atoms with Gasteiger partial charge in [0.05, 0.1) is 11.5 Å². The average Bonchev–Trinajstić information content (AvgIpc) is 2.17. The third kappa shape index (κ3) is 1.85. The molecule has 0 aromatic rings. The first-order chi connectivity index (χ1) is 3.77. The second-order valence-corrected chi connectivity index (χ2v) is 2.60. The molecule has 1 saturated heterocycles. The zero-order valence-corrected chi connectivity index (χ0v) is 6.29. The third-order valence-corrected chi connectivity index (χ3v) is 1.64. The summed E-state index contributed by atoms with van der Waals surface area (Å²) < 4.78 is 0. The van der Waals surface area contributed by atoms with Gasteiger partial charge in [-0.2, -0.15) is 5.26 Å². The van der Waals surface area contributed by atoms with Crippen molar-refractivity contribution in [1.82, 2.24) is 5.32 Å². The van der Waals surface area contributed by atoms with Gasteiger partial charge >= 0.3 is 0 Å². The number of nitrogens with one attached hydrogen (secondary N) is 1. The first-order valence-corrected chi connectivity index (χ1v) is 2.89. The fourth-order valence-corrected chi connectivity index (χ4v) is 0.912. The highest BCUT2D eigenvalue weighted by atomic mass is 35.5. The lowest BCUT2D eigenvalue weighted by Gasteiger charge is -2.08. The lowest BCUT2D eigenvalue weighted by molar-refractivity contribution is 0.496. The quantitative estimate of drug-likeness (QED) is 0.552. The van der Waals surface area contributed by atoms with Gasteiger partial charge in [-0.25, -0.2) is 0 Å². The average molecular weight is 147 g/mol. The number of halogens is 1. The van der Waals surface area contributed by atoms with Crippen LogP contribution in [0.25, 0.3) is 0 Å². The van der Waals surface area contributed by atoms with Gasteiger partial charge in [-0.05, 0) is 19.9 Å². The van der Waals surface area contributed by atoms with Crippen molar-refractivity contribution in [3.8, 4) is 6.07 Å². The second-order valence-electron chi connectivity index (χ2n) is 2.60. The van der Waals surface area contributed by atoms with Gasteiger partial charge < -0.3 is 5.32 Å². The predicted octanol–water partition coefficient (Wildman–Crippen LogP) is 0.931. The molecule has 2 nitrogen and oxygen atoms in total. The molecule has 1 unspecified atom stereocenters. The lowest BCUT2D eigenvalue weighted by atomic mass is 9.92. The van der Waals surface area contributed by atoms with Crippen LogP contribution >= 0.6 is 12.4 Å². The van der Waals surface area contributed by atoms with Gasteiger partial charge in [0.1, 0.15) is 0 Å². The molecule has 1 N–H and O–H groups in total. The van der Waals surface area contributed by atoms with Crippen molar-refractivity contribution in [2.75, 3.05) is 13.1 Å². The molecular formula is C6H11ClN2. The normalized spacial score (nSPS) is 32.9. The molecule has 1 heterocycles. The van der Waals surface area contributed by atoms with Crippen molar-refractivity contribution in [2.24, 2.45) is 5.41 Å². The zero-order valence-electron chi connectivity index (χ0n) is 5.48. The van der Waals surface area contributed by atoms with E-state index in [1.54, 1.807) is 0 Å². The van der Waals surface area contributed by atoms with Crippen molar-refractivity contribution in [2.45, 2.75) is 13.3 Å². The maximum Gasteiger partial charge on any atom is 0.0700 e. The zero-order chi connectivity index (χ0) is 6.04. The molecule has 9 heavy (non-hydrogen) atoms. The molecule has 52 valence electrons. The van der Waals surface area contributed by atoms with E-state index in [-0.39, 0.29) is 17.8 Å². The fraction of sp³-hybridized carbons (Fsp3) is 0.833. The standard InChI is InChI=1S/C6H10N2.ClH/c1-6(4-7)2-3-8-5-6;/h8H,2-3,5H2,1H3;1H. The number of hydrogen-bond acceptors (Lipinski definition) is 2. The summed E-state index contributed by atoms with van der Waals surface area (Å²) in [5, 5.41) is 11.7. The molecule has 1 fully saturated rings. The monoisotopic (exact) mass is 146 g/mol. The van der Waals surface area contributed by atoms with Gasteiger partial charge in [0, 0.05) is 6.54 Å². The Morgan fingerprint density at radius 2 is 2.33 bits per heavy atom. The lowest BCUT2D eigenvalue weighted by Crippen LogP contribution is -2.17. The van der Waals surface area contributed by atoms with Crippen LogP contribution in [0.5, 0.6) is 0 Å². The van der Waals surface area contributed by atoms with Gasteiger partial charge in [0.25, 0.3) is 0 Å². The molecule has 1 aliphatic rings. The molecule has 0 aromatic heterocycles. The summed E-state index contributed by atoms with van der Waals surface area (Å²) in [5.41, 5.74) is -0.0694. The molecule has 0 spiro atoms. The molecule has 3 heteroatoms. The molecular weight excluding hydrogens is 136 g/mol. The first-order valence-electron chi connectivity index (χ1n) is 2.89. The van der Waals surface area contributed by atoms with Crippen molar-refractivity contribution < 1.29 is 0 Å². The molecule has 0 aliphatic carbocycles. The molecule has 1 atom stereocenters. The second kappa shape index (κ2) is 3.05. The van der Waals surface area contributed by atoms with E-state index in [1.165, 1.54) is 0 Å². The van der Waals surface area contributed by atoms with E-state index in [2.05, 4.69) is 11.4 Å². The Bertz CT molecular complexity index is 122. The summed E-state index contributed by atoms with van der Waals surface area (Å²) >= 11 is 0. The van der Waals surface area contributed by atoms with Crippen LogP contribution in [0.4, 0.5) is 0 Å². The van der Waals surface area contributed by atoms with E-state index in [0.29, 0.717) is 0 Å². The molecule has 0 amide bonds. The minimum atomic E-state index is -0.0694. The van der Waals surface area contributed by atoms with Crippen LogP contribution in [0.1, 0.15) is 13.3 Å². The third-order valence-electron chi connectivity index (χ3n) is 1.64. The molecule has 0 aromatic carbocycles. The Kier molecular flexibility index (Phi) is 2.96. The van der Waals surface area contributed by atoms with Crippen LogP contribution in [-0.4, -0.2) is 13.1 Å². The van der Waals surface area contributed by atoms with E-state index >= 15 is 0 Å². The smallest absolute Gasteiger partial charge is 0.0700 e. The van der Waals surface area contributed by atoms with Gasteiger partial charge in [-0.3, -0.25) is 0 Å². The summed E-state index contributed by atoms with van der Waals surface area (Å²) in [5.74, 6) is 0. The van der Waals surface area contributed by atoms with Crippen LogP contribution in [0.2, 0.25) is 0 Å². The van der Waals surface area contributed by atoms with E-state index in [9.17, 15) is 0 Å². The van der Waals surface area contributed by atoms with Crippen LogP contribution in [0, 0.1) is 16.7 Å². The maximum atomic E-state index is 8.54. The summed E-state index contributed by atoms with van der Waals surface area (Å²) in [6, 6.07) is 2.28. The van der Waals surface area contributed by atoms with Gasteiger partial charge in [0.15, 0.2) is 0 Å². The first kappa shape index (κ1) is 8.74. The van der Waals surface area contributed by atoms with E-state index < -0.39 is 0 Å². The molecule has 0 bridgehead atoms. The largest absolute Gasteiger partial charge is 0.315 e. The number of hydrogen-bond donors (Lipinski definition) is 1. The SMILES string of the molecule is CC1(C#N)CCNC1.Cl. The van der Waals surface area contributed by atoms with Gasteiger partial charge in [-0.1, -0.05) is 0 Å². The topological polar surface area (TPSA) is 35.8 Å². The van der Waals surface area contributed by atoms with Crippen molar-refractivity contribution in [3.63, 3.8) is 0 Å². The Morgan fingerprint density at radius 1 is 1.67 bits per heavy atom. The fourth-order valence-electron chi connectivity index (χ4n) is 0.912. The number of nitriles is 1. The predicted molar refractivity (Wildman–Crippen MR) is 38.5 cm³/mol. The summed E-state index contributed by atoms with van der Waals surface area (Å²) in [4.78, 5) is 0. The van der Waals surface area contributed by atoms with Gasteiger partial charge in [-0.15, -0.1) is 12.4 Å². The highest BCUT2D eigenvalue weighted by Gasteiger charge is 2.27. The molecule has 1 aliphatic heterocycles. The van der Waals surface area contributed by atoms with E-state index in [1.807, 2.05) is 6.92 Å². The number of rotatable bonds is 0. The van der Waals surface area contributed by atoms with Crippen molar-refractivity contribution >= 4 is 12.4 Å². The van der Waals surface area contributed by atoms with E-state index in [0.717, 1.165) is 19.5 Å². The highest BCUT2D eigenvalue weighted by molar-refractivity contribution is 5.85. The summed E-state index contributed by atoms with van der Waals surface area (Å²) in [6.45, 7) is 3.86. The minimum absolute atomic E-state index is 0. The number of nitrogens with zero attached hydrogens (tertiary/aromatic N) is 1. The molecule has 0 saturated carbocycles. The minimum Gasteiger partial charge on any atom is -0.315 e. The van der Waals surface area contributed by atoms with Crippen LogP contribution in [-0.2, 0) is 0 Å².